The van der Waals surface area contributed by atoms with Crippen molar-refractivity contribution in [2.45, 2.75) is 90.7 Å². The number of rotatable bonds is 10. The van der Waals surface area contributed by atoms with Gasteiger partial charge in [0.25, 0.3) is 0 Å². The quantitative estimate of drug-likeness (QED) is 0.158. The average molecular weight is 674 g/mol. The molecule has 7 nitrogen and oxygen atoms in total. The fourth-order valence-electron chi connectivity index (χ4n) is 8.80. The van der Waals surface area contributed by atoms with E-state index in [2.05, 4.69) is 84.8 Å². The molecule has 2 amide bonds. The molecule has 4 aromatic rings. The van der Waals surface area contributed by atoms with E-state index in [1.165, 1.54) is 19.3 Å². The first-order valence-electron chi connectivity index (χ1n) is 18.1. The van der Waals surface area contributed by atoms with Gasteiger partial charge in [-0.1, -0.05) is 118 Å². The Kier molecular flexibility index (Phi) is 10.1. The first kappa shape index (κ1) is 34.4. The molecule has 3 fully saturated rings. The van der Waals surface area contributed by atoms with E-state index >= 15 is 0 Å². The van der Waals surface area contributed by atoms with Crippen molar-refractivity contribution in [3.8, 4) is 11.1 Å². The summed E-state index contributed by atoms with van der Waals surface area (Å²) in [5, 5.41) is 15.5. The number of ether oxygens (including phenoxy) is 2. The van der Waals surface area contributed by atoms with Crippen LogP contribution in [0.15, 0.2) is 103 Å². The third kappa shape index (κ3) is 8.30. The van der Waals surface area contributed by atoms with Crippen LogP contribution in [-0.2, 0) is 29.2 Å². The molecule has 1 saturated carbocycles. The SMILES string of the molecule is CC1(C)CC2CC(C)(CN2C[C@H]2C[C@@H](c3ccc(CO)cc3)O[C@@H](c3ccc(-c4cccc(CNC(=O)NCc5ccccc5)c4)cc3)O2)C1. The molecular formula is C43H51N3O4. The Morgan fingerprint density at radius 1 is 0.780 bits per heavy atom. The van der Waals surface area contributed by atoms with Crippen LogP contribution in [0.5, 0.6) is 0 Å². The molecule has 2 bridgehead atoms. The molecule has 4 aromatic carbocycles. The molecule has 3 aliphatic rings. The monoisotopic (exact) mass is 673 g/mol. The molecule has 2 aliphatic heterocycles. The summed E-state index contributed by atoms with van der Waals surface area (Å²) >= 11 is 0. The van der Waals surface area contributed by atoms with Crippen molar-refractivity contribution >= 4 is 6.03 Å². The summed E-state index contributed by atoms with van der Waals surface area (Å²) in [5.74, 6) is 0. The van der Waals surface area contributed by atoms with Crippen LogP contribution in [0, 0.1) is 10.8 Å². The zero-order valence-electron chi connectivity index (χ0n) is 29.6. The van der Waals surface area contributed by atoms with Crippen molar-refractivity contribution in [3.05, 3.63) is 131 Å². The number of hydrogen-bond acceptors (Lipinski definition) is 5. The number of nitrogens with one attached hydrogen (secondary N) is 2. The minimum atomic E-state index is -0.482. The fourth-order valence-corrected chi connectivity index (χ4v) is 8.80. The van der Waals surface area contributed by atoms with Crippen LogP contribution >= 0.6 is 0 Å². The third-order valence-corrected chi connectivity index (χ3v) is 10.8. The summed E-state index contributed by atoms with van der Waals surface area (Å²) in [5.41, 5.74) is 8.02. The molecule has 0 spiro atoms. The molecule has 0 radical (unpaired) electrons. The van der Waals surface area contributed by atoms with E-state index in [4.69, 9.17) is 9.47 Å². The van der Waals surface area contributed by atoms with Gasteiger partial charge in [0.2, 0.25) is 0 Å². The first-order valence-corrected chi connectivity index (χ1v) is 18.1. The van der Waals surface area contributed by atoms with E-state index in [0.717, 1.165) is 58.5 Å². The molecule has 2 heterocycles. The van der Waals surface area contributed by atoms with E-state index in [9.17, 15) is 9.90 Å². The van der Waals surface area contributed by atoms with E-state index in [1.54, 1.807) is 0 Å². The number of aliphatic hydroxyl groups excluding tert-OH is 1. The van der Waals surface area contributed by atoms with Crippen LogP contribution in [0.2, 0.25) is 0 Å². The van der Waals surface area contributed by atoms with Crippen molar-refractivity contribution in [1.29, 1.82) is 0 Å². The molecule has 1 aliphatic carbocycles. The molecule has 2 saturated heterocycles. The van der Waals surface area contributed by atoms with E-state index in [-0.39, 0.29) is 24.8 Å². The van der Waals surface area contributed by atoms with Crippen LogP contribution in [0.3, 0.4) is 0 Å². The van der Waals surface area contributed by atoms with E-state index in [0.29, 0.717) is 30.0 Å². The number of hydrogen-bond donors (Lipinski definition) is 3. The molecule has 2 unspecified atom stereocenters. The summed E-state index contributed by atoms with van der Waals surface area (Å²) in [6.07, 6.45) is 4.03. The Labute approximate surface area is 297 Å². The molecule has 0 aromatic heterocycles. The third-order valence-electron chi connectivity index (χ3n) is 10.8. The van der Waals surface area contributed by atoms with Gasteiger partial charge in [0.05, 0.1) is 18.8 Å². The van der Waals surface area contributed by atoms with Crippen LogP contribution < -0.4 is 10.6 Å². The molecule has 7 heteroatoms. The number of urea groups is 1. The van der Waals surface area contributed by atoms with Gasteiger partial charge in [0.1, 0.15) is 0 Å². The summed E-state index contributed by atoms with van der Waals surface area (Å²) in [6.45, 7) is 10.3. The summed E-state index contributed by atoms with van der Waals surface area (Å²) < 4.78 is 13.5. The first-order chi connectivity index (χ1) is 24.1. The number of likely N-dealkylation sites (tertiary alicyclic amines) is 1. The minimum absolute atomic E-state index is 0.0293. The predicted molar refractivity (Wildman–Crippen MR) is 197 cm³/mol. The Bertz CT molecular complexity index is 1740. The second-order valence-electron chi connectivity index (χ2n) is 15.8. The lowest BCUT2D eigenvalue weighted by Crippen LogP contribution is -2.42. The number of nitrogens with zero attached hydrogens (tertiary/aromatic N) is 1. The van der Waals surface area contributed by atoms with Crippen LogP contribution in [0.25, 0.3) is 11.1 Å². The van der Waals surface area contributed by atoms with Gasteiger partial charge in [-0.15, -0.1) is 0 Å². The zero-order valence-corrected chi connectivity index (χ0v) is 29.6. The van der Waals surface area contributed by atoms with Gasteiger partial charge < -0.3 is 25.2 Å². The van der Waals surface area contributed by atoms with E-state index in [1.807, 2.05) is 54.6 Å². The Morgan fingerprint density at radius 2 is 1.48 bits per heavy atom. The number of aliphatic hydroxyl groups is 1. The number of fused-ring (bicyclic) bond motifs is 2. The maximum atomic E-state index is 12.4. The van der Waals surface area contributed by atoms with Crippen LogP contribution in [-0.4, -0.2) is 41.3 Å². The molecule has 262 valence electrons. The summed E-state index contributed by atoms with van der Waals surface area (Å²) in [6, 6.07) is 35.2. The highest BCUT2D eigenvalue weighted by molar-refractivity contribution is 5.74. The lowest BCUT2D eigenvalue weighted by atomic mass is 9.65. The second kappa shape index (κ2) is 14.7. The van der Waals surface area contributed by atoms with Crippen molar-refractivity contribution in [2.24, 2.45) is 10.8 Å². The Hall–Kier alpha value is -4.01. The lowest BCUT2D eigenvalue weighted by Gasteiger charge is -2.41. The topological polar surface area (TPSA) is 83.1 Å². The molecule has 50 heavy (non-hydrogen) atoms. The standard InChI is InChI=1S/C43H51N3O4/c1-42(2)22-37-23-43(3,28-42)29-46(37)26-38-21-39(34-14-12-31(27-47)13-15-34)50-40(49-38)35-18-16-33(17-19-35)36-11-7-10-32(20-36)25-45-41(48)44-24-30-8-5-4-6-9-30/h4-20,37-40,47H,21-29H2,1-3H3,(H2,44,45,48)/t37?,38-,39+,40+,43?/m1/s1. The zero-order chi connectivity index (χ0) is 34.7. The van der Waals surface area contributed by atoms with Crippen molar-refractivity contribution in [1.82, 2.24) is 15.5 Å². The largest absolute Gasteiger partial charge is 0.392 e. The van der Waals surface area contributed by atoms with Crippen molar-refractivity contribution in [3.63, 3.8) is 0 Å². The number of amides is 2. The second-order valence-corrected chi connectivity index (χ2v) is 15.8. The molecule has 5 atom stereocenters. The highest BCUT2D eigenvalue weighted by Crippen LogP contribution is 2.53. The molecule has 3 N–H and O–H groups in total. The van der Waals surface area contributed by atoms with Crippen LogP contribution in [0.4, 0.5) is 4.79 Å². The normalized spacial score (nSPS) is 26.0. The van der Waals surface area contributed by atoms with Gasteiger partial charge in [-0.05, 0) is 69.5 Å². The van der Waals surface area contributed by atoms with Gasteiger partial charge in [-0.3, -0.25) is 4.90 Å². The minimum Gasteiger partial charge on any atom is -0.392 e. The molecular weight excluding hydrogens is 622 g/mol. The van der Waals surface area contributed by atoms with Gasteiger partial charge in [-0.2, -0.15) is 0 Å². The van der Waals surface area contributed by atoms with Crippen molar-refractivity contribution < 1.29 is 19.4 Å². The molecule has 7 rings (SSSR count). The predicted octanol–water partition coefficient (Wildman–Crippen LogP) is 8.29. The van der Waals surface area contributed by atoms with Crippen molar-refractivity contribution in [2.75, 3.05) is 13.1 Å². The van der Waals surface area contributed by atoms with Gasteiger partial charge >= 0.3 is 6.03 Å². The number of carbonyl (C=O) groups is 1. The maximum Gasteiger partial charge on any atom is 0.315 e. The lowest BCUT2D eigenvalue weighted by molar-refractivity contribution is -0.253. The highest BCUT2D eigenvalue weighted by Gasteiger charge is 2.50. The highest BCUT2D eigenvalue weighted by atomic mass is 16.7. The average Bonchev–Trinajstić information content (AvgIpc) is 3.37. The van der Waals surface area contributed by atoms with Gasteiger partial charge in [0, 0.05) is 44.2 Å². The summed E-state index contributed by atoms with van der Waals surface area (Å²) in [7, 11) is 0. The Balaban J connectivity index is 1.03. The summed E-state index contributed by atoms with van der Waals surface area (Å²) in [4.78, 5) is 15.1. The van der Waals surface area contributed by atoms with E-state index < -0.39 is 6.29 Å². The van der Waals surface area contributed by atoms with Crippen LogP contribution in [0.1, 0.15) is 86.7 Å². The smallest absolute Gasteiger partial charge is 0.315 e. The fraction of sp³-hybridized carbons (Fsp3) is 0.419. The van der Waals surface area contributed by atoms with Gasteiger partial charge in [-0.25, -0.2) is 4.79 Å². The maximum absolute atomic E-state index is 12.4. The Morgan fingerprint density at radius 3 is 2.22 bits per heavy atom. The number of benzene rings is 4. The number of carbonyl (C=O) groups excluding carboxylic acids is 1. The van der Waals surface area contributed by atoms with Gasteiger partial charge in [0.15, 0.2) is 6.29 Å².